The van der Waals surface area contributed by atoms with E-state index in [9.17, 15) is 13.0 Å². The second-order valence-electron chi connectivity index (χ2n) is 5.83. The summed E-state index contributed by atoms with van der Waals surface area (Å²) < 4.78 is 34.8. The molecule has 0 unspecified atom stereocenters. The fourth-order valence-electron chi connectivity index (χ4n) is 2.82. The zero-order valence-electron chi connectivity index (χ0n) is 13.7. The second-order valence-corrected chi connectivity index (χ2v) is 7.35. The third kappa shape index (κ3) is 4.75. The summed E-state index contributed by atoms with van der Waals surface area (Å²) in [5.74, 6) is -0.356. The van der Waals surface area contributed by atoms with Gasteiger partial charge in [-0.25, -0.2) is 8.42 Å². The monoisotopic (exact) mass is 353 g/mol. The van der Waals surface area contributed by atoms with E-state index in [0.717, 1.165) is 22.2 Å². The summed E-state index contributed by atoms with van der Waals surface area (Å²) in [6.45, 7) is 0.470. The van der Waals surface area contributed by atoms with Crippen LogP contribution in [0.3, 0.4) is 0 Å². The molecule has 5 heteroatoms. The van der Waals surface area contributed by atoms with Crippen LogP contribution in [0.1, 0.15) is 17.7 Å². The lowest BCUT2D eigenvalue weighted by Gasteiger charge is -2.07. The van der Waals surface area contributed by atoms with Crippen molar-refractivity contribution in [1.29, 1.82) is 0 Å². The molecule has 1 aromatic heterocycles. The van der Waals surface area contributed by atoms with Gasteiger partial charge in [-0.15, -0.1) is 0 Å². The highest BCUT2D eigenvalue weighted by atomic mass is 32.2. The van der Waals surface area contributed by atoms with Crippen molar-refractivity contribution in [3.63, 3.8) is 0 Å². The standard InChI is InChI=1S/C20H19NO3S/c22-25(23,24)16-6-15-21-19(13-11-17-7-2-1-3-8-17)14-12-18-9-4-5-10-20(18)21/h1-5,7-14H,6,15-16H2. The fourth-order valence-corrected chi connectivity index (χ4v) is 3.30. The molecule has 4 nitrogen and oxygen atoms in total. The van der Waals surface area contributed by atoms with Gasteiger partial charge < -0.3 is 4.55 Å². The number of aromatic nitrogens is 1. The number of pyridine rings is 1. The Balaban J connectivity index is 1.96. The number of fused-ring (bicyclic) bond motifs is 1. The Morgan fingerprint density at radius 1 is 0.880 bits per heavy atom. The Hall–Kier alpha value is -2.50. The molecule has 0 saturated heterocycles. The van der Waals surface area contributed by atoms with Gasteiger partial charge in [-0.3, -0.25) is 0 Å². The molecule has 2 aromatic carbocycles. The summed E-state index contributed by atoms with van der Waals surface area (Å²) in [7, 11) is -4.20. The van der Waals surface area contributed by atoms with Crippen LogP contribution in [-0.4, -0.2) is 18.7 Å². The summed E-state index contributed by atoms with van der Waals surface area (Å²) in [6.07, 6.45) is 4.31. The van der Waals surface area contributed by atoms with Crippen LogP contribution in [0.15, 0.2) is 66.7 Å². The number of para-hydroxylation sites is 1. The summed E-state index contributed by atoms with van der Waals surface area (Å²) in [4.78, 5) is 0. The van der Waals surface area contributed by atoms with Crippen LogP contribution < -0.4 is 4.57 Å². The molecule has 0 amide bonds. The van der Waals surface area contributed by atoms with Crippen molar-refractivity contribution in [2.75, 3.05) is 5.75 Å². The smallest absolute Gasteiger partial charge is 0.212 e. The van der Waals surface area contributed by atoms with Crippen LogP contribution in [0.5, 0.6) is 0 Å². The van der Waals surface area contributed by atoms with E-state index in [2.05, 4.69) is 4.57 Å². The molecule has 0 atom stereocenters. The molecule has 0 fully saturated rings. The molecule has 0 N–H and O–H groups in total. The first-order valence-corrected chi connectivity index (χ1v) is 9.69. The Morgan fingerprint density at radius 2 is 1.60 bits per heavy atom. The van der Waals surface area contributed by atoms with Gasteiger partial charge in [0.1, 0.15) is 0 Å². The number of rotatable bonds is 6. The van der Waals surface area contributed by atoms with Gasteiger partial charge in [0.2, 0.25) is 11.2 Å². The second kappa shape index (κ2) is 7.59. The lowest BCUT2D eigenvalue weighted by molar-refractivity contribution is -0.673. The minimum absolute atomic E-state index is 0.288. The highest BCUT2D eigenvalue weighted by molar-refractivity contribution is 7.85. The molecule has 0 aliphatic rings. The van der Waals surface area contributed by atoms with Gasteiger partial charge >= 0.3 is 0 Å². The molecule has 1 heterocycles. The maximum absolute atomic E-state index is 10.9. The molecule has 3 aromatic rings. The molecule has 25 heavy (non-hydrogen) atoms. The number of aryl methyl sites for hydroxylation is 1. The lowest BCUT2D eigenvalue weighted by Crippen LogP contribution is -2.38. The fraction of sp³-hybridized carbons (Fsp3) is 0.150. The normalized spacial score (nSPS) is 12.0. The van der Waals surface area contributed by atoms with Crippen molar-refractivity contribution < 1.29 is 17.5 Å². The highest BCUT2D eigenvalue weighted by Gasteiger charge is 2.13. The van der Waals surface area contributed by atoms with Crippen molar-refractivity contribution in [3.05, 3.63) is 78.0 Å². The van der Waals surface area contributed by atoms with E-state index in [1.807, 2.05) is 78.9 Å². The molecule has 0 aliphatic carbocycles. The quantitative estimate of drug-likeness (QED) is 0.505. The number of hydrogen-bond donors (Lipinski definition) is 0. The summed E-state index contributed by atoms with van der Waals surface area (Å²) in [5, 5.41) is 1.07. The van der Waals surface area contributed by atoms with Gasteiger partial charge in [-0.2, -0.15) is 4.57 Å². The van der Waals surface area contributed by atoms with Crippen LogP contribution >= 0.6 is 0 Å². The van der Waals surface area contributed by atoms with Crippen molar-refractivity contribution >= 4 is 33.2 Å². The lowest BCUT2D eigenvalue weighted by atomic mass is 10.1. The van der Waals surface area contributed by atoms with Crippen molar-refractivity contribution in [2.45, 2.75) is 13.0 Å². The highest BCUT2D eigenvalue weighted by Crippen LogP contribution is 2.13. The van der Waals surface area contributed by atoms with Gasteiger partial charge in [-0.05, 0) is 23.8 Å². The van der Waals surface area contributed by atoms with Crippen LogP contribution in [-0.2, 0) is 16.7 Å². The predicted molar refractivity (Wildman–Crippen MR) is 98.7 cm³/mol. The molecular formula is C20H19NO3S. The van der Waals surface area contributed by atoms with Crippen molar-refractivity contribution in [2.24, 2.45) is 0 Å². The average molecular weight is 353 g/mol. The number of benzene rings is 2. The van der Waals surface area contributed by atoms with E-state index in [-0.39, 0.29) is 12.2 Å². The molecule has 128 valence electrons. The Kier molecular flexibility index (Phi) is 5.26. The maximum atomic E-state index is 10.9. The van der Waals surface area contributed by atoms with E-state index in [4.69, 9.17) is 0 Å². The number of nitrogens with zero attached hydrogens (tertiary/aromatic N) is 1. The Bertz CT molecular complexity index is 996. The van der Waals surface area contributed by atoms with Crippen molar-refractivity contribution in [3.8, 4) is 0 Å². The third-order valence-corrected chi connectivity index (χ3v) is 4.78. The van der Waals surface area contributed by atoms with Gasteiger partial charge in [0.25, 0.3) is 0 Å². The summed E-state index contributed by atoms with van der Waals surface area (Å²) in [5.41, 5.74) is 3.07. The summed E-state index contributed by atoms with van der Waals surface area (Å²) in [6, 6.07) is 22.0. The van der Waals surface area contributed by atoms with E-state index in [1.165, 1.54) is 0 Å². The van der Waals surface area contributed by atoms with E-state index in [0.29, 0.717) is 6.54 Å². The minimum atomic E-state index is -4.20. The van der Waals surface area contributed by atoms with Gasteiger partial charge in [0.05, 0.1) is 10.1 Å². The molecule has 3 rings (SSSR count). The third-order valence-electron chi connectivity index (χ3n) is 4.00. The first-order chi connectivity index (χ1) is 12.0. The van der Waals surface area contributed by atoms with Crippen LogP contribution in [0.2, 0.25) is 0 Å². The predicted octanol–water partition coefficient (Wildman–Crippen LogP) is 3.23. The topological polar surface area (TPSA) is 61.1 Å². The van der Waals surface area contributed by atoms with Crippen LogP contribution in [0.4, 0.5) is 0 Å². The van der Waals surface area contributed by atoms with Crippen LogP contribution in [0.25, 0.3) is 23.1 Å². The average Bonchev–Trinajstić information content (AvgIpc) is 2.60. The first-order valence-electron chi connectivity index (χ1n) is 8.11. The largest absolute Gasteiger partial charge is 0.748 e. The van der Waals surface area contributed by atoms with E-state index < -0.39 is 10.1 Å². The van der Waals surface area contributed by atoms with Crippen molar-refractivity contribution in [1.82, 2.24) is 0 Å². The SMILES string of the molecule is O=S(=O)([O-])CCC[n+]1c(C=Cc2ccccc2)ccc2ccccc21. The molecule has 0 aliphatic heterocycles. The summed E-state index contributed by atoms with van der Waals surface area (Å²) >= 11 is 0. The molecule has 0 bridgehead atoms. The minimum Gasteiger partial charge on any atom is -0.748 e. The Labute approximate surface area is 147 Å². The number of hydrogen-bond acceptors (Lipinski definition) is 3. The molecule has 0 spiro atoms. The maximum Gasteiger partial charge on any atom is 0.212 e. The van der Waals surface area contributed by atoms with Gasteiger partial charge in [0.15, 0.2) is 6.54 Å². The van der Waals surface area contributed by atoms with E-state index in [1.54, 1.807) is 0 Å². The van der Waals surface area contributed by atoms with E-state index >= 15 is 0 Å². The van der Waals surface area contributed by atoms with Gasteiger partial charge in [-0.1, -0.05) is 42.5 Å². The zero-order valence-corrected chi connectivity index (χ0v) is 14.5. The molecular weight excluding hydrogens is 334 g/mol. The first kappa shape index (κ1) is 17.3. The van der Waals surface area contributed by atoms with Crippen LogP contribution in [0, 0.1) is 0 Å². The Morgan fingerprint density at radius 3 is 2.36 bits per heavy atom. The zero-order chi connectivity index (χ0) is 17.7. The van der Waals surface area contributed by atoms with Gasteiger partial charge in [0, 0.05) is 35.8 Å². The molecule has 0 saturated carbocycles. The molecule has 0 radical (unpaired) electrons.